The molecule has 5 heteroatoms. The third kappa shape index (κ3) is 1.90. The second-order valence-electron chi connectivity index (χ2n) is 3.29. The summed E-state index contributed by atoms with van der Waals surface area (Å²) >= 11 is 3.29. The number of hydrogen-bond acceptors (Lipinski definition) is 2. The first-order chi connectivity index (χ1) is 7.59. The van der Waals surface area contributed by atoms with Crippen LogP contribution in [0.2, 0.25) is 0 Å². The van der Waals surface area contributed by atoms with Gasteiger partial charge in [0.2, 0.25) is 5.95 Å². The molecule has 0 aliphatic rings. The van der Waals surface area contributed by atoms with Gasteiger partial charge in [-0.25, -0.2) is 4.68 Å². The van der Waals surface area contributed by atoms with Crippen LogP contribution in [0.25, 0.3) is 5.69 Å². The lowest BCUT2D eigenvalue weighted by molar-refractivity contribution is 0.101. The van der Waals surface area contributed by atoms with Crippen molar-refractivity contribution in [3.05, 3.63) is 46.4 Å². The summed E-state index contributed by atoms with van der Waals surface area (Å²) in [4.78, 5) is 11.1. The molecule has 82 valence electrons. The van der Waals surface area contributed by atoms with Crippen molar-refractivity contribution in [1.82, 2.24) is 9.78 Å². The number of Topliss-reactive ketones (excluding diaryl/α,β-unsaturated/α-hetero) is 1. The molecule has 0 saturated carbocycles. The molecule has 2 rings (SSSR count). The Morgan fingerprint density at radius 1 is 1.38 bits per heavy atom. The number of halogens is 2. The Morgan fingerprint density at radius 3 is 2.50 bits per heavy atom. The Kier molecular flexibility index (Phi) is 2.87. The van der Waals surface area contributed by atoms with Gasteiger partial charge in [-0.3, -0.25) is 4.79 Å². The Bertz CT molecular complexity index is 533. The number of hydrogen-bond donors (Lipinski definition) is 0. The van der Waals surface area contributed by atoms with Gasteiger partial charge in [0.05, 0.1) is 17.4 Å². The predicted molar refractivity (Wildman–Crippen MR) is 61.2 cm³/mol. The van der Waals surface area contributed by atoms with Crippen LogP contribution in [-0.2, 0) is 0 Å². The SMILES string of the molecule is CC(=O)c1cnn(-c2ccc(Br)cc2)c1F. The van der Waals surface area contributed by atoms with Crippen molar-refractivity contribution in [3.8, 4) is 5.69 Å². The summed E-state index contributed by atoms with van der Waals surface area (Å²) in [6.07, 6.45) is 1.24. The lowest BCUT2D eigenvalue weighted by Gasteiger charge is -2.01. The maximum atomic E-state index is 13.7. The largest absolute Gasteiger partial charge is 0.294 e. The van der Waals surface area contributed by atoms with E-state index in [1.54, 1.807) is 24.3 Å². The molecule has 3 nitrogen and oxygen atoms in total. The van der Waals surface area contributed by atoms with Crippen LogP contribution in [-0.4, -0.2) is 15.6 Å². The highest BCUT2D eigenvalue weighted by Crippen LogP contribution is 2.16. The van der Waals surface area contributed by atoms with Gasteiger partial charge in [-0.1, -0.05) is 15.9 Å². The number of ketones is 1. The molecule has 0 bridgehead atoms. The van der Waals surface area contributed by atoms with Crippen LogP contribution in [0.3, 0.4) is 0 Å². The number of benzene rings is 1. The van der Waals surface area contributed by atoms with Crippen molar-refractivity contribution < 1.29 is 9.18 Å². The van der Waals surface area contributed by atoms with Gasteiger partial charge < -0.3 is 0 Å². The summed E-state index contributed by atoms with van der Waals surface area (Å²) < 4.78 is 15.7. The van der Waals surface area contributed by atoms with Gasteiger partial charge in [0, 0.05) is 4.47 Å². The lowest BCUT2D eigenvalue weighted by Crippen LogP contribution is -2.02. The summed E-state index contributed by atoms with van der Waals surface area (Å²) in [5.41, 5.74) is 0.580. The molecular weight excluding hydrogens is 275 g/mol. The molecule has 0 atom stereocenters. The van der Waals surface area contributed by atoms with Crippen molar-refractivity contribution in [1.29, 1.82) is 0 Å². The summed E-state index contributed by atoms with van der Waals surface area (Å²) in [7, 11) is 0. The number of rotatable bonds is 2. The maximum absolute atomic E-state index is 13.7. The second-order valence-corrected chi connectivity index (χ2v) is 4.21. The summed E-state index contributed by atoms with van der Waals surface area (Å²) in [6.45, 7) is 1.31. The van der Waals surface area contributed by atoms with E-state index in [-0.39, 0.29) is 11.3 Å². The standard InChI is InChI=1S/C11H8BrFN2O/c1-7(16)10-6-14-15(11(10)13)9-4-2-8(12)3-5-9/h2-6H,1H3. The molecule has 2 aromatic rings. The molecule has 0 fully saturated rings. The fraction of sp³-hybridized carbons (Fsp3) is 0.0909. The van der Waals surface area contributed by atoms with Gasteiger partial charge in [0.15, 0.2) is 5.78 Å². The van der Waals surface area contributed by atoms with E-state index in [4.69, 9.17) is 0 Å². The Hall–Kier alpha value is -1.49. The van der Waals surface area contributed by atoms with E-state index in [2.05, 4.69) is 21.0 Å². The molecule has 0 aliphatic heterocycles. The molecule has 0 N–H and O–H groups in total. The fourth-order valence-corrected chi connectivity index (χ4v) is 1.60. The molecule has 0 amide bonds. The topological polar surface area (TPSA) is 34.9 Å². The fourth-order valence-electron chi connectivity index (χ4n) is 1.33. The van der Waals surface area contributed by atoms with E-state index in [9.17, 15) is 9.18 Å². The molecule has 0 radical (unpaired) electrons. The Morgan fingerprint density at radius 2 is 2.00 bits per heavy atom. The van der Waals surface area contributed by atoms with E-state index in [0.717, 1.165) is 9.15 Å². The van der Waals surface area contributed by atoms with Crippen molar-refractivity contribution in [2.75, 3.05) is 0 Å². The molecule has 0 unspecified atom stereocenters. The molecule has 16 heavy (non-hydrogen) atoms. The van der Waals surface area contributed by atoms with Crippen molar-refractivity contribution in [3.63, 3.8) is 0 Å². The number of carbonyl (C=O) groups is 1. The average Bonchev–Trinajstić information content (AvgIpc) is 2.61. The van der Waals surface area contributed by atoms with Gasteiger partial charge in [-0.2, -0.15) is 9.49 Å². The molecule has 1 aromatic heterocycles. The number of carbonyl (C=O) groups excluding carboxylic acids is 1. The van der Waals surface area contributed by atoms with E-state index >= 15 is 0 Å². The smallest absolute Gasteiger partial charge is 0.227 e. The van der Waals surface area contributed by atoms with Gasteiger partial charge in [-0.15, -0.1) is 0 Å². The number of aromatic nitrogens is 2. The van der Waals surface area contributed by atoms with Crippen molar-refractivity contribution >= 4 is 21.7 Å². The Balaban J connectivity index is 2.49. The van der Waals surface area contributed by atoms with Crippen LogP contribution in [0.4, 0.5) is 4.39 Å². The minimum absolute atomic E-state index is 0.00270. The first kappa shape index (κ1) is 11.0. The first-order valence-corrected chi connectivity index (χ1v) is 5.39. The van der Waals surface area contributed by atoms with Crippen molar-refractivity contribution in [2.45, 2.75) is 6.92 Å². The number of nitrogens with zero attached hydrogens (tertiary/aromatic N) is 2. The molecule has 0 aliphatic carbocycles. The van der Waals surface area contributed by atoms with Crippen LogP contribution < -0.4 is 0 Å². The van der Waals surface area contributed by atoms with E-state index in [1.807, 2.05) is 0 Å². The summed E-state index contributed by atoms with van der Waals surface area (Å²) in [5.74, 6) is -0.962. The first-order valence-electron chi connectivity index (χ1n) is 4.60. The van der Waals surface area contributed by atoms with Crippen LogP contribution in [0.5, 0.6) is 0 Å². The molecule has 1 aromatic carbocycles. The van der Waals surface area contributed by atoms with Crippen LogP contribution >= 0.6 is 15.9 Å². The third-order valence-electron chi connectivity index (χ3n) is 2.16. The van der Waals surface area contributed by atoms with Crippen LogP contribution in [0.15, 0.2) is 34.9 Å². The van der Waals surface area contributed by atoms with Gasteiger partial charge in [0.25, 0.3) is 0 Å². The quantitative estimate of drug-likeness (QED) is 0.794. The Labute approximate surface area is 100 Å². The highest BCUT2D eigenvalue weighted by Gasteiger charge is 2.14. The highest BCUT2D eigenvalue weighted by atomic mass is 79.9. The minimum Gasteiger partial charge on any atom is -0.294 e. The molecule has 1 heterocycles. The van der Waals surface area contributed by atoms with E-state index in [1.165, 1.54) is 13.1 Å². The second kappa shape index (κ2) is 4.17. The zero-order chi connectivity index (χ0) is 11.7. The summed E-state index contributed by atoms with van der Waals surface area (Å²) in [6, 6.07) is 6.99. The maximum Gasteiger partial charge on any atom is 0.227 e. The van der Waals surface area contributed by atoms with E-state index in [0.29, 0.717) is 5.69 Å². The lowest BCUT2D eigenvalue weighted by atomic mass is 10.2. The van der Waals surface area contributed by atoms with E-state index < -0.39 is 5.95 Å². The molecular formula is C11H8BrFN2O. The monoisotopic (exact) mass is 282 g/mol. The highest BCUT2D eigenvalue weighted by molar-refractivity contribution is 9.10. The zero-order valence-corrected chi connectivity index (χ0v) is 10.0. The van der Waals surface area contributed by atoms with Crippen molar-refractivity contribution in [2.24, 2.45) is 0 Å². The van der Waals surface area contributed by atoms with Crippen LogP contribution in [0, 0.1) is 5.95 Å². The van der Waals surface area contributed by atoms with Gasteiger partial charge in [-0.05, 0) is 31.2 Å². The van der Waals surface area contributed by atoms with Crippen LogP contribution in [0.1, 0.15) is 17.3 Å². The van der Waals surface area contributed by atoms with Gasteiger partial charge >= 0.3 is 0 Å². The summed E-state index contributed by atoms with van der Waals surface area (Å²) in [5, 5.41) is 3.84. The average molecular weight is 283 g/mol. The molecule has 0 saturated heterocycles. The minimum atomic E-state index is -0.630. The predicted octanol–water partition coefficient (Wildman–Crippen LogP) is 2.98. The third-order valence-corrected chi connectivity index (χ3v) is 2.69. The zero-order valence-electron chi connectivity index (χ0n) is 8.45. The van der Waals surface area contributed by atoms with Gasteiger partial charge in [0.1, 0.15) is 0 Å². The normalized spacial score (nSPS) is 10.4. The molecule has 0 spiro atoms.